The normalized spacial score (nSPS) is 28.0. The van der Waals surface area contributed by atoms with Gasteiger partial charge in [0.05, 0.1) is 12.9 Å². The Kier molecular flexibility index (Phi) is 5.79. The number of halogens is 1. The highest BCUT2D eigenvalue weighted by atomic mass is 35.5. The van der Waals surface area contributed by atoms with Crippen LogP contribution in [0.15, 0.2) is 6.33 Å². The zero-order valence-corrected chi connectivity index (χ0v) is 16.9. The molecule has 4 heterocycles. The van der Waals surface area contributed by atoms with Crippen LogP contribution in [0, 0.1) is 0 Å². The lowest BCUT2D eigenvalue weighted by molar-refractivity contribution is -0.0612. The molecule has 4 rings (SSSR count). The van der Waals surface area contributed by atoms with E-state index in [0.717, 1.165) is 25.9 Å². The van der Waals surface area contributed by atoms with Crippen LogP contribution < -0.4 is 4.90 Å². The van der Waals surface area contributed by atoms with Gasteiger partial charge < -0.3 is 34.4 Å². The van der Waals surface area contributed by atoms with Crippen molar-refractivity contribution in [3.05, 3.63) is 11.6 Å². The highest BCUT2D eigenvalue weighted by molar-refractivity contribution is 7.51. The Morgan fingerprint density at radius 3 is 2.66 bits per heavy atom. The maximum Gasteiger partial charge on any atom is 0.350 e. The molecule has 0 bridgehead atoms. The van der Waals surface area contributed by atoms with Gasteiger partial charge in [-0.1, -0.05) is 0 Å². The van der Waals surface area contributed by atoms with Gasteiger partial charge in [0.2, 0.25) is 5.28 Å². The van der Waals surface area contributed by atoms with Gasteiger partial charge in [-0.15, -0.1) is 0 Å². The standard InChI is InChI=1S/C15H21ClN5O7P/c16-15-18-12(20-3-1-2-4-20)9-13(19-15)21(6-17-9)14-11(23)10(22)8(28-14)5-27-7-29(24,25)26/h6,8,10-11,14,22-23H,1-5,7H2,(H2,24,25,26)/t8-,10-,11-,14-/m1/s1. The third-order valence-corrected chi connectivity index (χ3v) is 5.62. The molecule has 0 aromatic carbocycles. The smallest absolute Gasteiger partial charge is 0.350 e. The Balaban J connectivity index is 1.58. The molecule has 0 radical (unpaired) electrons. The van der Waals surface area contributed by atoms with Gasteiger partial charge in [0.15, 0.2) is 23.2 Å². The topological polar surface area (TPSA) is 163 Å². The van der Waals surface area contributed by atoms with Crippen molar-refractivity contribution in [2.75, 3.05) is 30.9 Å². The van der Waals surface area contributed by atoms with E-state index in [2.05, 4.69) is 19.9 Å². The summed E-state index contributed by atoms with van der Waals surface area (Å²) in [6, 6.07) is 0. The number of anilines is 1. The van der Waals surface area contributed by atoms with E-state index in [4.69, 9.17) is 30.9 Å². The Morgan fingerprint density at radius 2 is 1.97 bits per heavy atom. The largest absolute Gasteiger partial charge is 0.387 e. The third kappa shape index (κ3) is 4.25. The second kappa shape index (κ2) is 8.05. The van der Waals surface area contributed by atoms with Crippen molar-refractivity contribution in [1.29, 1.82) is 0 Å². The second-order valence-electron chi connectivity index (χ2n) is 7.05. The van der Waals surface area contributed by atoms with E-state index in [1.54, 1.807) is 0 Å². The fourth-order valence-corrected chi connectivity index (χ4v) is 4.10. The fourth-order valence-electron chi connectivity index (χ4n) is 3.60. The number of fused-ring (bicyclic) bond motifs is 1. The molecule has 29 heavy (non-hydrogen) atoms. The number of hydrogen-bond acceptors (Lipinski definition) is 9. The van der Waals surface area contributed by atoms with Gasteiger partial charge in [0.1, 0.15) is 24.7 Å². The Hall–Kier alpha value is -1.37. The molecule has 4 atom stereocenters. The second-order valence-corrected chi connectivity index (χ2v) is 8.97. The zero-order chi connectivity index (χ0) is 20.8. The van der Waals surface area contributed by atoms with E-state index in [-0.39, 0.29) is 11.9 Å². The molecule has 0 unspecified atom stereocenters. The molecule has 0 saturated carbocycles. The lowest BCUT2D eigenvalue weighted by atomic mass is 10.1. The van der Waals surface area contributed by atoms with Crippen LogP contribution in [-0.2, 0) is 14.0 Å². The lowest BCUT2D eigenvalue weighted by Crippen LogP contribution is -2.33. The molecule has 2 fully saturated rings. The van der Waals surface area contributed by atoms with E-state index < -0.39 is 38.5 Å². The number of aromatic nitrogens is 4. The first-order chi connectivity index (χ1) is 13.7. The van der Waals surface area contributed by atoms with Crippen LogP contribution in [0.4, 0.5) is 5.82 Å². The summed E-state index contributed by atoms with van der Waals surface area (Å²) in [6.45, 7) is 1.35. The van der Waals surface area contributed by atoms with Crippen LogP contribution in [0.25, 0.3) is 11.2 Å². The van der Waals surface area contributed by atoms with Crippen molar-refractivity contribution in [1.82, 2.24) is 19.5 Å². The average Bonchev–Trinajstić information content (AvgIpc) is 3.36. The molecule has 2 aliphatic rings. The van der Waals surface area contributed by atoms with E-state index in [0.29, 0.717) is 17.0 Å². The maximum absolute atomic E-state index is 10.9. The number of rotatable bonds is 6. The van der Waals surface area contributed by atoms with Crippen molar-refractivity contribution in [2.45, 2.75) is 37.4 Å². The third-order valence-electron chi connectivity index (χ3n) is 4.93. The Labute approximate surface area is 170 Å². The molecule has 160 valence electrons. The molecule has 0 amide bonds. The van der Waals surface area contributed by atoms with Crippen molar-refractivity contribution in [2.24, 2.45) is 0 Å². The quantitative estimate of drug-likeness (QED) is 0.342. The monoisotopic (exact) mass is 449 g/mol. The summed E-state index contributed by atoms with van der Waals surface area (Å²) >= 11 is 6.11. The number of nitrogens with zero attached hydrogens (tertiary/aromatic N) is 5. The molecule has 2 saturated heterocycles. The molecule has 4 N–H and O–H groups in total. The number of aliphatic hydroxyl groups is 2. The van der Waals surface area contributed by atoms with Crippen molar-refractivity contribution in [3.8, 4) is 0 Å². The number of aliphatic hydroxyl groups excluding tert-OH is 2. The van der Waals surface area contributed by atoms with Gasteiger partial charge in [-0.25, -0.2) is 4.98 Å². The highest BCUT2D eigenvalue weighted by Crippen LogP contribution is 2.36. The van der Waals surface area contributed by atoms with E-state index >= 15 is 0 Å². The van der Waals surface area contributed by atoms with E-state index in [1.807, 2.05) is 0 Å². The summed E-state index contributed by atoms with van der Waals surface area (Å²) in [6.07, 6.45) is -1.99. The summed E-state index contributed by atoms with van der Waals surface area (Å²) in [5.41, 5.74) is 0.850. The molecular weight excluding hydrogens is 429 g/mol. The fraction of sp³-hybridized carbons (Fsp3) is 0.667. The van der Waals surface area contributed by atoms with Gasteiger partial charge in [0, 0.05) is 13.1 Å². The molecule has 0 spiro atoms. The molecule has 0 aliphatic carbocycles. The summed E-state index contributed by atoms with van der Waals surface area (Å²) in [5, 5.41) is 20.7. The molecular formula is C15H21ClN5O7P. The minimum absolute atomic E-state index is 0.0238. The van der Waals surface area contributed by atoms with Crippen LogP contribution >= 0.6 is 19.2 Å². The van der Waals surface area contributed by atoms with Crippen LogP contribution in [0.1, 0.15) is 19.1 Å². The minimum atomic E-state index is -4.35. The number of hydrogen-bond donors (Lipinski definition) is 4. The zero-order valence-electron chi connectivity index (χ0n) is 15.2. The summed E-state index contributed by atoms with van der Waals surface area (Å²) in [4.78, 5) is 32.7. The molecule has 14 heteroatoms. The molecule has 2 aliphatic heterocycles. The van der Waals surface area contributed by atoms with Crippen LogP contribution in [0.3, 0.4) is 0 Å². The van der Waals surface area contributed by atoms with Crippen LogP contribution in [0.2, 0.25) is 5.28 Å². The van der Waals surface area contributed by atoms with Crippen LogP contribution in [-0.4, -0.2) is 83.9 Å². The first kappa shape index (κ1) is 20.9. The summed E-state index contributed by atoms with van der Waals surface area (Å²) < 4.78 is 23.0. The highest BCUT2D eigenvalue weighted by Gasteiger charge is 2.44. The SMILES string of the molecule is O=P(O)(O)COC[C@H]1O[C@@H](n2cnc3c(N4CCCC4)nc(Cl)nc32)[C@H](O)[C@@H]1O. The van der Waals surface area contributed by atoms with Gasteiger partial charge >= 0.3 is 7.60 Å². The Bertz CT molecular complexity index is 933. The lowest BCUT2D eigenvalue weighted by Gasteiger charge is -2.18. The predicted octanol–water partition coefficient (Wildman–Crippen LogP) is -0.149. The first-order valence-corrected chi connectivity index (χ1v) is 11.2. The van der Waals surface area contributed by atoms with Crippen molar-refractivity contribution < 1.29 is 34.0 Å². The number of ether oxygens (including phenoxy) is 2. The van der Waals surface area contributed by atoms with Crippen molar-refractivity contribution in [3.63, 3.8) is 0 Å². The van der Waals surface area contributed by atoms with Gasteiger partial charge in [-0.3, -0.25) is 9.13 Å². The van der Waals surface area contributed by atoms with E-state index in [1.165, 1.54) is 10.9 Å². The Morgan fingerprint density at radius 1 is 1.24 bits per heavy atom. The average molecular weight is 450 g/mol. The molecule has 2 aromatic rings. The first-order valence-electron chi connectivity index (χ1n) is 9.03. The van der Waals surface area contributed by atoms with Gasteiger partial charge in [-0.2, -0.15) is 9.97 Å². The van der Waals surface area contributed by atoms with Gasteiger partial charge in [0.25, 0.3) is 0 Å². The van der Waals surface area contributed by atoms with Gasteiger partial charge in [-0.05, 0) is 24.4 Å². The van der Waals surface area contributed by atoms with Crippen LogP contribution in [0.5, 0.6) is 0 Å². The van der Waals surface area contributed by atoms with Crippen molar-refractivity contribution >= 4 is 36.2 Å². The minimum Gasteiger partial charge on any atom is -0.387 e. The van der Waals surface area contributed by atoms with E-state index in [9.17, 15) is 14.8 Å². The summed E-state index contributed by atoms with van der Waals surface area (Å²) in [7, 11) is -4.35. The summed E-state index contributed by atoms with van der Waals surface area (Å²) in [5.74, 6) is 0.603. The predicted molar refractivity (Wildman–Crippen MR) is 101 cm³/mol. The maximum atomic E-state index is 10.9. The molecule has 12 nitrogen and oxygen atoms in total. The molecule has 2 aromatic heterocycles. The number of imidazole rings is 1.